The van der Waals surface area contributed by atoms with Gasteiger partial charge in [-0.25, -0.2) is 4.63 Å². The third-order valence-corrected chi connectivity index (χ3v) is 5.67. The van der Waals surface area contributed by atoms with Crippen molar-refractivity contribution < 1.29 is 4.63 Å². The standard InChI is InChI=1S/C18H23ClN4O/c1-14-17(21-24-20-14)12-22-8-10-23(11-9-22)13-18(6-7-18)15-2-4-16(19)5-3-15/h2-5H,6-13H2,1H3. The molecule has 0 radical (unpaired) electrons. The summed E-state index contributed by atoms with van der Waals surface area (Å²) in [4.78, 5) is 5.04. The molecule has 0 unspecified atom stereocenters. The van der Waals surface area contributed by atoms with Gasteiger partial charge in [-0.05, 0) is 37.5 Å². The predicted molar refractivity (Wildman–Crippen MR) is 93.1 cm³/mol. The normalized spacial score (nSPS) is 21.1. The number of benzene rings is 1. The van der Waals surface area contributed by atoms with Crippen molar-refractivity contribution in [1.29, 1.82) is 0 Å². The number of nitrogens with zero attached hydrogens (tertiary/aromatic N) is 4. The lowest BCUT2D eigenvalue weighted by Gasteiger charge is -2.36. The lowest BCUT2D eigenvalue weighted by atomic mass is 9.95. The zero-order chi connectivity index (χ0) is 16.6. The van der Waals surface area contributed by atoms with Crippen LogP contribution in [0.2, 0.25) is 5.02 Å². The Morgan fingerprint density at radius 3 is 2.29 bits per heavy atom. The van der Waals surface area contributed by atoms with Gasteiger partial charge in [-0.3, -0.25) is 9.80 Å². The minimum absolute atomic E-state index is 0.360. The van der Waals surface area contributed by atoms with E-state index in [1.54, 1.807) is 0 Å². The van der Waals surface area contributed by atoms with Gasteiger partial charge in [0.05, 0.1) is 0 Å². The molecule has 1 aromatic carbocycles. The van der Waals surface area contributed by atoms with Crippen molar-refractivity contribution in [2.45, 2.75) is 31.7 Å². The maximum Gasteiger partial charge on any atom is 0.122 e. The molecule has 5 nitrogen and oxygen atoms in total. The summed E-state index contributed by atoms with van der Waals surface area (Å²) in [6, 6.07) is 8.43. The average molecular weight is 347 g/mol. The number of aromatic nitrogens is 2. The summed E-state index contributed by atoms with van der Waals surface area (Å²) in [7, 11) is 0. The van der Waals surface area contributed by atoms with Crippen LogP contribution < -0.4 is 0 Å². The van der Waals surface area contributed by atoms with E-state index < -0.39 is 0 Å². The van der Waals surface area contributed by atoms with Gasteiger partial charge in [-0.1, -0.05) is 34.0 Å². The van der Waals surface area contributed by atoms with E-state index in [0.717, 1.165) is 55.7 Å². The van der Waals surface area contributed by atoms with Crippen molar-refractivity contribution in [3.8, 4) is 0 Å². The topological polar surface area (TPSA) is 45.4 Å². The van der Waals surface area contributed by atoms with Crippen LogP contribution in [0.5, 0.6) is 0 Å². The zero-order valence-electron chi connectivity index (χ0n) is 14.0. The fraction of sp³-hybridized carbons (Fsp3) is 0.556. The van der Waals surface area contributed by atoms with Crippen LogP contribution in [0.1, 0.15) is 29.8 Å². The van der Waals surface area contributed by atoms with Crippen molar-refractivity contribution in [1.82, 2.24) is 20.1 Å². The zero-order valence-corrected chi connectivity index (χ0v) is 14.8. The van der Waals surface area contributed by atoms with Crippen molar-refractivity contribution in [2.24, 2.45) is 0 Å². The summed E-state index contributed by atoms with van der Waals surface area (Å²) >= 11 is 6.03. The monoisotopic (exact) mass is 346 g/mol. The smallest absolute Gasteiger partial charge is 0.122 e. The van der Waals surface area contributed by atoms with Crippen LogP contribution >= 0.6 is 11.6 Å². The maximum atomic E-state index is 6.03. The molecular weight excluding hydrogens is 324 g/mol. The number of aryl methyl sites for hydroxylation is 1. The molecule has 1 saturated heterocycles. The van der Waals surface area contributed by atoms with E-state index in [1.165, 1.54) is 18.4 Å². The Labute approximate surface area is 147 Å². The van der Waals surface area contributed by atoms with E-state index in [-0.39, 0.29) is 0 Å². The highest BCUT2D eigenvalue weighted by atomic mass is 35.5. The van der Waals surface area contributed by atoms with Crippen molar-refractivity contribution in [2.75, 3.05) is 32.7 Å². The average Bonchev–Trinajstić information content (AvgIpc) is 3.26. The Balaban J connectivity index is 1.32. The van der Waals surface area contributed by atoms with Crippen LogP contribution in [0, 0.1) is 6.92 Å². The van der Waals surface area contributed by atoms with Crippen molar-refractivity contribution in [3.63, 3.8) is 0 Å². The van der Waals surface area contributed by atoms with Crippen LogP contribution in [0.4, 0.5) is 0 Å². The van der Waals surface area contributed by atoms with Crippen LogP contribution in [-0.4, -0.2) is 52.8 Å². The second-order valence-corrected chi connectivity index (χ2v) is 7.57. The van der Waals surface area contributed by atoms with Gasteiger partial charge in [0.25, 0.3) is 0 Å². The molecule has 1 aliphatic carbocycles. The summed E-state index contributed by atoms with van der Waals surface area (Å²) in [5.74, 6) is 0. The molecule has 0 amide bonds. The summed E-state index contributed by atoms with van der Waals surface area (Å²) in [5, 5.41) is 8.67. The first-order chi connectivity index (χ1) is 11.6. The molecule has 128 valence electrons. The highest BCUT2D eigenvalue weighted by Crippen LogP contribution is 2.49. The molecule has 24 heavy (non-hydrogen) atoms. The summed E-state index contributed by atoms with van der Waals surface area (Å²) in [5.41, 5.74) is 3.67. The molecule has 1 saturated carbocycles. The van der Waals surface area contributed by atoms with Gasteiger partial charge in [0.1, 0.15) is 11.4 Å². The molecule has 4 rings (SSSR count). The SMILES string of the molecule is Cc1nonc1CN1CCN(CC2(c3ccc(Cl)cc3)CC2)CC1. The van der Waals surface area contributed by atoms with E-state index in [2.05, 4.69) is 32.2 Å². The third-order valence-electron chi connectivity index (χ3n) is 5.42. The lowest BCUT2D eigenvalue weighted by Crippen LogP contribution is -2.48. The first-order valence-electron chi connectivity index (χ1n) is 8.63. The molecule has 2 aliphatic rings. The van der Waals surface area contributed by atoms with E-state index >= 15 is 0 Å². The third kappa shape index (κ3) is 3.34. The Bertz CT molecular complexity index is 687. The Kier molecular flexibility index (Phi) is 4.33. The van der Waals surface area contributed by atoms with Gasteiger partial charge < -0.3 is 0 Å². The van der Waals surface area contributed by atoms with E-state index in [4.69, 9.17) is 16.2 Å². The van der Waals surface area contributed by atoms with Gasteiger partial charge in [-0.2, -0.15) is 0 Å². The minimum atomic E-state index is 0.360. The van der Waals surface area contributed by atoms with Gasteiger partial charge in [0.2, 0.25) is 0 Å². The van der Waals surface area contributed by atoms with Crippen LogP contribution in [-0.2, 0) is 12.0 Å². The second-order valence-electron chi connectivity index (χ2n) is 7.14. The first kappa shape index (κ1) is 16.1. The summed E-state index contributed by atoms with van der Waals surface area (Å²) in [6.07, 6.45) is 2.58. The van der Waals surface area contributed by atoms with Gasteiger partial charge in [0.15, 0.2) is 0 Å². The molecule has 1 aliphatic heterocycles. The summed E-state index contributed by atoms with van der Waals surface area (Å²) < 4.78 is 4.79. The molecule has 0 N–H and O–H groups in total. The Hall–Kier alpha value is -1.43. The molecule has 2 aromatic rings. The van der Waals surface area contributed by atoms with E-state index in [9.17, 15) is 0 Å². The lowest BCUT2D eigenvalue weighted by molar-refractivity contribution is 0.116. The number of halogens is 1. The molecule has 0 atom stereocenters. The van der Waals surface area contributed by atoms with Gasteiger partial charge >= 0.3 is 0 Å². The number of hydrogen-bond donors (Lipinski definition) is 0. The van der Waals surface area contributed by atoms with Crippen LogP contribution in [0.3, 0.4) is 0 Å². The molecule has 6 heteroatoms. The Morgan fingerprint density at radius 1 is 1.04 bits per heavy atom. The first-order valence-corrected chi connectivity index (χ1v) is 9.01. The van der Waals surface area contributed by atoms with Gasteiger partial charge in [0, 0.05) is 49.7 Å². The van der Waals surface area contributed by atoms with Crippen molar-refractivity contribution >= 4 is 11.6 Å². The quantitative estimate of drug-likeness (QED) is 0.833. The highest BCUT2D eigenvalue weighted by Gasteiger charge is 2.45. The van der Waals surface area contributed by atoms with Gasteiger partial charge in [-0.15, -0.1) is 0 Å². The molecule has 0 bridgehead atoms. The maximum absolute atomic E-state index is 6.03. The van der Waals surface area contributed by atoms with Crippen LogP contribution in [0.15, 0.2) is 28.9 Å². The Morgan fingerprint density at radius 2 is 1.71 bits per heavy atom. The fourth-order valence-electron chi connectivity index (χ4n) is 3.63. The molecule has 2 heterocycles. The minimum Gasteiger partial charge on any atom is -0.300 e. The number of hydrogen-bond acceptors (Lipinski definition) is 5. The van der Waals surface area contributed by atoms with Crippen molar-refractivity contribution in [3.05, 3.63) is 46.2 Å². The predicted octanol–water partition coefficient (Wildman–Crippen LogP) is 2.88. The summed E-state index contributed by atoms with van der Waals surface area (Å²) in [6.45, 7) is 8.31. The number of piperazine rings is 1. The van der Waals surface area contributed by atoms with E-state index in [1.807, 2.05) is 19.1 Å². The number of rotatable bonds is 5. The molecule has 2 fully saturated rings. The second kappa shape index (κ2) is 6.47. The molecule has 1 aromatic heterocycles. The molecular formula is C18H23ClN4O. The fourth-order valence-corrected chi connectivity index (χ4v) is 3.76. The highest BCUT2D eigenvalue weighted by molar-refractivity contribution is 6.30. The van der Waals surface area contributed by atoms with Crippen LogP contribution in [0.25, 0.3) is 0 Å². The molecule has 0 spiro atoms. The van der Waals surface area contributed by atoms with E-state index in [0.29, 0.717) is 5.41 Å². The largest absolute Gasteiger partial charge is 0.300 e.